The number of carbonyl (C=O) groups excluding carboxylic acids is 2. The van der Waals surface area contributed by atoms with Gasteiger partial charge in [0.1, 0.15) is 5.65 Å². The molecule has 0 bridgehead atoms. The molecule has 7 nitrogen and oxygen atoms in total. The van der Waals surface area contributed by atoms with Crippen molar-refractivity contribution in [2.75, 3.05) is 11.9 Å². The summed E-state index contributed by atoms with van der Waals surface area (Å²) in [6, 6.07) is 12.9. The first-order valence-electron chi connectivity index (χ1n) is 8.06. The Morgan fingerprint density at radius 1 is 1.00 bits per heavy atom. The van der Waals surface area contributed by atoms with E-state index in [1.165, 1.54) is 0 Å². The van der Waals surface area contributed by atoms with Crippen LogP contribution in [0.15, 0.2) is 61.1 Å². The molecule has 0 atom stereocenters. The number of rotatable bonds is 4. The number of aromatic amines is 1. The highest BCUT2D eigenvalue weighted by Crippen LogP contribution is 2.20. The van der Waals surface area contributed by atoms with Gasteiger partial charge in [-0.25, -0.2) is 4.98 Å². The molecule has 0 aliphatic carbocycles. The Labute approximate surface area is 148 Å². The quantitative estimate of drug-likeness (QED) is 0.529. The maximum atomic E-state index is 12.3. The van der Waals surface area contributed by atoms with Crippen molar-refractivity contribution in [1.29, 1.82) is 0 Å². The van der Waals surface area contributed by atoms with E-state index < -0.39 is 0 Å². The summed E-state index contributed by atoms with van der Waals surface area (Å²) < 4.78 is 0. The fourth-order valence-corrected chi connectivity index (χ4v) is 2.80. The number of pyridine rings is 2. The van der Waals surface area contributed by atoms with Gasteiger partial charge < -0.3 is 15.6 Å². The third kappa shape index (κ3) is 2.98. The SMILES string of the molecule is O=C(CNC(=O)c1c[nH]c2ncccc12)Nc1cccc2cccnc12. The normalized spacial score (nSPS) is 10.8. The number of nitrogens with zero attached hydrogens (tertiary/aromatic N) is 2. The summed E-state index contributed by atoms with van der Waals surface area (Å²) >= 11 is 0. The van der Waals surface area contributed by atoms with E-state index in [1.54, 1.807) is 36.8 Å². The summed E-state index contributed by atoms with van der Waals surface area (Å²) in [4.78, 5) is 35.9. The number of amides is 2. The number of H-pyrrole nitrogens is 1. The molecule has 0 spiro atoms. The van der Waals surface area contributed by atoms with Crippen LogP contribution in [0.3, 0.4) is 0 Å². The summed E-state index contributed by atoms with van der Waals surface area (Å²) in [6.45, 7) is -0.144. The topological polar surface area (TPSA) is 99.8 Å². The predicted molar refractivity (Wildman–Crippen MR) is 98.8 cm³/mol. The number of carbonyl (C=O) groups is 2. The molecule has 3 aromatic heterocycles. The van der Waals surface area contributed by atoms with Gasteiger partial charge in [-0.1, -0.05) is 18.2 Å². The van der Waals surface area contributed by atoms with Crippen LogP contribution in [-0.2, 0) is 4.79 Å². The van der Waals surface area contributed by atoms with Crippen molar-refractivity contribution in [3.05, 3.63) is 66.6 Å². The molecule has 1 aromatic carbocycles. The van der Waals surface area contributed by atoms with Crippen molar-refractivity contribution in [3.63, 3.8) is 0 Å². The Morgan fingerprint density at radius 3 is 2.73 bits per heavy atom. The Balaban J connectivity index is 1.44. The molecule has 3 heterocycles. The molecule has 0 saturated heterocycles. The van der Waals surface area contributed by atoms with Gasteiger partial charge in [-0.3, -0.25) is 14.6 Å². The Hall–Kier alpha value is -3.74. The molecule has 4 rings (SSSR count). The molecule has 2 amide bonds. The zero-order valence-corrected chi connectivity index (χ0v) is 13.7. The molecule has 4 aromatic rings. The molecular formula is C19H15N5O2. The van der Waals surface area contributed by atoms with Gasteiger partial charge in [0.25, 0.3) is 5.91 Å². The second kappa shape index (κ2) is 6.64. The number of nitrogens with one attached hydrogen (secondary N) is 3. The van der Waals surface area contributed by atoms with Crippen molar-refractivity contribution in [1.82, 2.24) is 20.3 Å². The highest BCUT2D eigenvalue weighted by atomic mass is 16.2. The smallest absolute Gasteiger partial charge is 0.253 e. The molecule has 128 valence electrons. The van der Waals surface area contributed by atoms with Gasteiger partial charge in [0, 0.05) is 29.4 Å². The second-order valence-corrected chi connectivity index (χ2v) is 5.71. The van der Waals surface area contributed by atoms with Crippen LogP contribution in [0.2, 0.25) is 0 Å². The van der Waals surface area contributed by atoms with Crippen molar-refractivity contribution in [2.45, 2.75) is 0 Å². The number of aromatic nitrogens is 3. The van der Waals surface area contributed by atoms with Gasteiger partial charge in [-0.05, 0) is 24.3 Å². The van der Waals surface area contributed by atoms with Crippen molar-refractivity contribution >= 4 is 39.4 Å². The van der Waals surface area contributed by atoms with Gasteiger partial charge in [0.15, 0.2) is 0 Å². The lowest BCUT2D eigenvalue weighted by Crippen LogP contribution is -2.32. The number of fused-ring (bicyclic) bond motifs is 2. The maximum Gasteiger partial charge on any atom is 0.253 e. The van der Waals surface area contributed by atoms with Crippen molar-refractivity contribution in [2.24, 2.45) is 0 Å². The first-order valence-corrected chi connectivity index (χ1v) is 8.06. The third-order valence-electron chi connectivity index (χ3n) is 4.01. The largest absolute Gasteiger partial charge is 0.345 e. The van der Waals surface area contributed by atoms with Crippen molar-refractivity contribution in [3.8, 4) is 0 Å². The summed E-state index contributed by atoms with van der Waals surface area (Å²) in [6.07, 6.45) is 4.90. The fourth-order valence-electron chi connectivity index (χ4n) is 2.80. The molecule has 0 aliphatic heterocycles. The number of benzene rings is 1. The Morgan fingerprint density at radius 2 is 1.81 bits per heavy atom. The zero-order chi connectivity index (χ0) is 17.9. The number of para-hydroxylation sites is 1. The lowest BCUT2D eigenvalue weighted by atomic mass is 10.2. The van der Waals surface area contributed by atoms with Crippen LogP contribution < -0.4 is 10.6 Å². The van der Waals surface area contributed by atoms with Crippen LogP contribution in [0.4, 0.5) is 5.69 Å². The second-order valence-electron chi connectivity index (χ2n) is 5.71. The minimum absolute atomic E-state index is 0.144. The van der Waals surface area contributed by atoms with Gasteiger partial charge in [-0.2, -0.15) is 0 Å². The zero-order valence-electron chi connectivity index (χ0n) is 13.7. The molecule has 26 heavy (non-hydrogen) atoms. The number of hydrogen-bond donors (Lipinski definition) is 3. The highest BCUT2D eigenvalue weighted by Gasteiger charge is 2.14. The monoisotopic (exact) mass is 345 g/mol. The molecule has 3 N–H and O–H groups in total. The van der Waals surface area contributed by atoms with E-state index in [-0.39, 0.29) is 18.4 Å². The van der Waals surface area contributed by atoms with Crippen LogP contribution >= 0.6 is 0 Å². The van der Waals surface area contributed by atoms with Crippen LogP contribution in [0.1, 0.15) is 10.4 Å². The van der Waals surface area contributed by atoms with Gasteiger partial charge in [-0.15, -0.1) is 0 Å². The van der Waals surface area contributed by atoms with E-state index in [9.17, 15) is 9.59 Å². The lowest BCUT2D eigenvalue weighted by molar-refractivity contribution is -0.115. The van der Waals surface area contributed by atoms with Crippen LogP contribution in [0.5, 0.6) is 0 Å². The standard InChI is InChI=1S/C19H15N5O2/c25-16(24-15-7-1-4-12-5-2-8-20-17(12)15)11-23-19(26)14-10-22-18-13(14)6-3-9-21-18/h1-10H,11H2,(H,21,22)(H,23,26)(H,24,25). The minimum atomic E-state index is -0.338. The van der Waals surface area contributed by atoms with Crippen molar-refractivity contribution < 1.29 is 9.59 Å². The van der Waals surface area contributed by atoms with E-state index in [2.05, 4.69) is 25.6 Å². The first kappa shape index (κ1) is 15.8. The molecular weight excluding hydrogens is 330 g/mol. The average Bonchev–Trinajstić information content (AvgIpc) is 3.11. The Kier molecular flexibility index (Phi) is 4.03. The lowest BCUT2D eigenvalue weighted by Gasteiger charge is -2.08. The highest BCUT2D eigenvalue weighted by molar-refractivity contribution is 6.08. The van der Waals surface area contributed by atoms with E-state index in [4.69, 9.17) is 0 Å². The van der Waals surface area contributed by atoms with E-state index >= 15 is 0 Å². The summed E-state index contributed by atoms with van der Waals surface area (Å²) in [5, 5.41) is 7.06. The molecule has 0 unspecified atom stereocenters. The van der Waals surface area contributed by atoms with Crippen LogP contribution in [0, 0.1) is 0 Å². The van der Waals surface area contributed by atoms with Crippen LogP contribution in [0.25, 0.3) is 21.9 Å². The fraction of sp³-hybridized carbons (Fsp3) is 0.0526. The minimum Gasteiger partial charge on any atom is -0.345 e. The number of anilines is 1. The molecule has 0 saturated carbocycles. The van der Waals surface area contributed by atoms with E-state index in [0.29, 0.717) is 27.8 Å². The first-order chi connectivity index (χ1) is 12.7. The molecule has 0 fully saturated rings. The van der Waals surface area contributed by atoms with Gasteiger partial charge in [0.2, 0.25) is 5.91 Å². The average molecular weight is 345 g/mol. The summed E-state index contributed by atoms with van der Waals surface area (Å²) in [5.41, 5.74) is 2.40. The summed E-state index contributed by atoms with van der Waals surface area (Å²) in [7, 11) is 0. The maximum absolute atomic E-state index is 12.3. The van der Waals surface area contributed by atoms with Gasteiger partial charge in [0.05, 0.1) is 23.3 Å². The Bertz CT molecular complexity index is 1110. The summed E-state index contributed by atoms with van der Waals surface area (Å²) in [5.74, 6) is -0.662. The predicted octanol–water partition coefficient (Wildman–Crippen LogP) is 2.48. The number of hydrogen-bond acceptors (Lipinski definition) is 4. The van der Waals surface area contributed by atoms with Gasteiger partial charge >= 0.3 is 0 Å². The van der Waals surface area contributed by atoms with E-state index in [0.717, 1.165) is 5.39 Å². The molecule has 7 heteroatoms. The third-order valence-corrected chi connectivity index (χ3v) is 4.01. The molecule has 0 radical (unpaired) electrons. The van der Waals surface area contributed by atoms with E-state index in [1.807, 2.05) is 24.3 Å². The van der Waals surface area contributed by atoms with Crippen LogP contribution in [-0.4, -0.2) is 33.3 Å². The molecule has 0 aliphatic rings.